The minimum absolute atomic E-state index is 0.0400. The average Bonchev–Trinajstić information content (AvgIpc) is 2.78. The highest BCUT2D eigenvalue weighted by atomic mass is 32.2. The van der Waals surface area contributed by atoms with Gasteiger partial charge in [-0.05, 0) is 37.1 Å². The van der Waals surface area contributed by atoms with Crippen molar-refractivity contribution < 1.29 is 27.6 Å². The molecule has 31 heavy (non-hydrogen) atoms. The normalized spacial score (nSPS) is 14.8. The highest BCUT2D eigenvalue weighted by Crippen LogP contribution is 2.26. The number of nitrogens with zero attached hydrogens (tertiary/aromatic N) is 2. The summed E-state index contributed by atoms with van der Waals surface area (Å²) in [6, 6.07) is 11.4. The molecule has 1 aliphatic rings. The van der Waals surface area contributed by atoms with Crippen LogP contribution >= 0.6 is 0 Å². The molecular formula is C20H23N3O7S. The number of methoxy groups -OCH3 is 1. The Hall–Kier alpha value is -3.18. The lowest BCUT2D eigenvalue weighted by Crippen LogP contribution is -2.47. The molecule has 1 saturated heterocycles. The van der Waals surface area contributed by atoms with Crippen molar-refractivity contribution in [1.29, 1.82) is 0 Å². The largest absolute Gasteiger partial charge is 0.493 e. The Morgan fingerprint density at radius 2 is 1.74 bits per heavy atom. The third kappa shape index (κ3) is 5.70. The standard InChI is InChI=1S/C20H23N3O7S/c1-29-18-4-2-3-5-19(18)30-14-20(24)22-12-10-15(11-13-22)21-31(27,28)17-8-6-16(7-9-17)23(25)26/h2-9,15,21H,10-14H2,1H3. The number of likely N-dealkylation sites (tertiary alicyclic amines) is 1. The summed E-state index contributed by atoms with van der Waals surface area (Å²) in [5, 5.41) is 10.7. The van der Waals surface area contributed by atoms with E-state index in [0.717, 1.165) is 12.1 Å². The third-order valence-electron chi connectivity index (χ3n) is 4.95. The Morgan fingerprint density at radius 1 is 1.13 bits per heavy atom. The summed E-state index contributed by atoms with van der Waals surface area (Å²) in [6.07, 6.45) is 0.902. The van der Waals surface area contributed by atoms with Gasteiger partial charge in [0.1, 0.15) is 0 Å². The van der Waals surface area contributed by atoms with Crippen molar-refractivity contribution in [3.8, 4) is 11.5 Å². The molecule has 0 radical (unpaired) electrons. The van der Waals surface area contributed by atoms with Crippen LogP contribution in [0.15, 0.2) is 53.4 Å². The fourth-order valence-corrected chi connectivity index (χ4v) is 4.56. The molecular weight excluding hydrogens is 426 g/mol. The van der Waals surface area contributed by atoms with E-state index >= 15 is 0 Å². The van der Waals surface area contributed by atoms with E-state index in [0.29, 0.717) is 37.4 Å². The van der Waals surface area contributed by atoms with Gasteiger partial charge in [0.2, 0.25) is 10.0 Å². The van der Waals surface area contributed by atoms with Gasteiger partial charge in [-0.15, -0.1) is 0 Å². The first-order valence-electron chi connectivity index (χ1n) is 9.60. The van der Waals surface area contributed by atoms with Crippen LogP contribution in [0.3, 0.4) is 0 Å². The molecule has 1 fully saturated rings. The van der Waals surface area contributed by atoms with Gasteiger partial charge in [0, 0.05) is 31.3 Å². The second-order valence-corrected chi connectivity index (χ2v) is 8.68. The number of nitro benzene ring substituents is 1. The number of sulfonamides is 1. The van der Waals surface area contributed by atoms with Crippen LogP contribution < -0.4 is 14.2 Å². The van der Waals surface area contributed by atoms with Gasteiger partial charge in [-0.1, -0.05) is 12.1 Å². The Morgan fingerprint density at radius 3 is 2.32 bits per heavy atom. The molecule has 1 amide bonds. The predicted octanol–water partition coefficient (Wildman–Crippen LogP) is 1.95. The number of benzene rings is 2. The number of piperidine rings is 1. The maximum atomic E-state index is 12.5. The zero-order chi connectivity index (χ0) is 22.4. The van der Waals surface area contributed by atoms with E-state index in [-0.39, 0.29) is 29.1 Å². The number of para-hydroxylation sites is 2. The van der Waals surface area contributed by atoms with Crippen LogP contribution in [0.25, 0.3) is 0 Å². The van der Waals surface area contributed by atoms with Crippen molar-refractivity contribution in [3.63, 3.8) is 0 Å². The number of amides is 1. The van der Waals surface area contributed by atoms with Gasteiger partial charge in [0.05, 0.1) is 16.9 Å². The topological polar surface area (TPSA) is 128 Å². The number of nitrogens with one attached hydrogen (secondary N) is 1. The van der Waals surface area contributed by atoms with Crippen molar-refractivity contribution in [3.05, 3.63) is 58.6 Å². The van der Waals surface area contributed by atoms with Gasteiger partial charge < -0.3 is 14.4 Å². The van der Waals surface area contributed by atoms with E-state index in [9.17, 15) is 23.3 Å². The number of carbonyl (C=O) groups excluding carboxylic acids is 1. The highest BCUT2D eigenvalue weighted by Gasteiger charge is 2.27. The summed E-state index contributed by atoms with van der Waals surface area (Å²) in [5.41, 5.74) is -0.180. The first-order chi connectivity index (χ1) is 14.8. The number of rotatable bonds is 8. The summed E-state index contributed by atoms with van der Waals surface area (Å²) in [5.74, 6) is 0.821. The summed E-state index contributed by atoms with van der Waals surface area (Å²) in [4.78, 5) is 24.2. The van der Waals surface area contributed by atoms with E-state index < -0.39 is 14.9 Å². The minimum Gasteiger partial charge on any atom is -0.493 e. The van der Waals surface area contributed by atoms with Crippen LogP contribution in [0.2, 0.25) is 0 Å². The molecule has 2 aromatic rings. The van der Waals surface area contributed by atoms with Gasteiger partial charge in [-0.2, -0.15) is 0 Å². The lowest BCUT2D eigenvalue weighted by atomic mass is 10.1. The summed E-state index contributed by atoms with van der Waals surface area (Å²) in [6.45, 7) is 0.642. The Balaban J connectivity index is 1.50. The molecule has 166 valence electrons. The van der Waals surface area contributed by atoms with Crippen molar-refractivity contribution >= 4 is 21.6 Å². The molecule has 10 nitrogen and oxygen atoms in total. The first-order valence-corrected chi connectivity index (χ1v) is 11.1. The number of hydrogen-bond donors (Lipinski definition) is 1. The molecule has 0 bridgehead atoms. The Kier molecular flexibility index (Phi) is 7.08. The molecule has 0 atom stereocenters. The molecule has 11 heteroatoms. The third-order valence-corrected chi connectivity index (χ3v) is 6.48. The molecule has 1 heterocycles. The first kappa shape index (κ1) is 22.5. The van der Waals surface area contributed by atoms with E-state index in [1.807, 2.05) is 0 Å². The second kappa shape index (κ2) is 9.75. The lowest BCUT2D eigenvalue weighted by Gasteiger charge is -2.32. The SMILES string of the molecule is COc1ccccc1OCC(=O)N1CCC(NS(=O)(=O)c2ccc([N+](=O)[O-])cc2)CC1. The number of nitro groups is 1. The molecule has 1 N–H and O–H groups in total. The molecule has 0 aromatic heterocycles. The zero-order valence-electron chi connectivity index (χ0n) is 16.9. The van der Waals surface area contributed by atoms with Gasteiger partial charge in [0.15, 0.2) is 18.1 Å². The summed E-state index contributed by atoms with van der Waals surface area (Å²) < 4.78 is 38.4. The molecule has 3 rings (SSSR count). The van der Waals surface area contributed by atoms with Crippen LogP contribution in [0.4, 0.5) is 5.69 Å². The van der Waals surface area contributed by atoms with E-state index in [1.54, 1.807) is 29.2 Å². The average molecular weight is 449 g/mol. The Labute approximate surface area is 180 Å². The Bertz CT molecular complexity index is 1030. The maximum absolute atomic E-state index is 12.5. The zero-order valence-corrected chi connectivity index (χ0v) is 17.7. The van der Waals surface area contributed by atoms with Crippen molar-refractivity contribution in [1.82, 2.24) is 9.62 Å². The van der Waals surface area contributed by atoms with Crippen LogP contribution in [0.1, 0.15) is 12.8 Å². The number of non-ortho nitro benzene ring substituents is 1. The van der Waals surface area contributed by atoms with Crippen molar-refractivity contribution in [2.45, 2.75) is 23.8 Å². The van der Waals surface area contributed by atoms with E-state index in [4.69, 9.17) is 9.47 Å². The quantitative estimate of drug-likeness (QED) is 0.482. The number of hydrogen-bond acceptors (Lipinski definition) is 7. The maximum Gasteiger partial charge on any atom is 0.269 e. The molecule has 0 spiro atoms. The number of carbonyl (C=O) groups is 1. The minimum atomic E-state index is -3.81. The summed E-state index contributed by atoms with van der Waals surface area (Å²) >= 11 is 0. The van der Waals surface area contributed by atoms with E-state index in [2.05, 4.69) is 4.72 Å². The fourth-order valence-electron chi connectivity index (χ4n) is 3.25. The van der Waals surface area contributed by atoms with Gasteiger partial charge in [0.25, 0.3) is 11.6 Å². The monoisotopic (exact) mass is 449 g/mol. The highest BCUT2D eigenvalue weighted by molar-refractivity contribution is 7.89. The van der Waals surface area contributed by atoms with Crippen LogP contribution in [-0.4, -0.2) is 57.0 Å². The molecule has 0 aliphatic carbocycles. The van der Waals surface area contributed by atoms with E-state index in [1.165, 1.54) is 19.2 Å². The van der Waals surface area contributed by atoms with Gasteiger partial charge in [-0.25, -0.2) is 13.1 Å². The van der Waals surface area contributed by atoms with Crippen molar-refractivity contribution in [2.24, 2.45) is 0 Å². The lowest BCUT2D eigenvalue weighted by molar-refractivity contribution is -0.384. The fraction of sp³-hybridized carbons (Fsp3) is 0.350. The molecule has 2 aromatic carbocycles. The smallest absolute Gasteiger partial charge is 0.269 e. The second-order valence-electron chi connectivity index (χ2n) is 6.97. The van der Waals surface area contributed by atoms with Crippen LogP contribution in [-0.2, 0) is 14.8 Å². The van der Waals surface area contributed by atoms with Crippen LogP contribution in [0.5, 0.6) is 11.5 Å². The molecule has 0 saturated carbocycles. The van der Waals surface area contributed by atoms with Crippen molar-refractivity contribution in [2.75, 3.05) is 26.8 Å². The van der Waals surface area contributed by atoms with Gasteiger partial charge in [-0.3, -0.25) is 14.9 Å². The van der Waals surface area contributed by atoms with Gasteiger partial charge >= 0.3 is 0 Å². The molecule has 0 unspecified atom stereocenters. The molecule has 1 aliphatic heterocycles. The summed E-state index contributed by atoms with van der Waals surface area (Å²) in [7, 11) is -2.29. The predicted molar refractivity (Wildman–Crippen MR) is 112 cm³/mol. The van der Waals surface area contributed by atoms with Crippen LogP contribution in [0, 0.1) is 10.1 Å². The number of ether oxygens (including phenoxy) is 2.